The van der Waals surface area contributed by atoms with E-state index in [4.69, 9.17) is 5.84 Å². The predicted molar refractivity (Wildman–Crippen MR) is 59.9 cm³/mol. The lowest BCUT2D eigenvalue weighted by Gasteiger charge is -2.03. The molecule has 0 bridgehead atoms. The first-order valence-corrected chi connectivity index (χ1v) is 6.16. The van der Waals surface area contributed by atoms with E-state index in [9.17, 15) is 9.59 Å². The maximum atomic E-state index is 11.4. The Bertz CT molecular complexity index is 452. The lowest BCUT2D eigenvalue weighted by molar-refractivity contribution is -0.150. The molecule has 1 saturated carbocycles. The van der Waals surface area contributed by atoms with Crippen molar-refractivity contribution in [2.75, 3.05) is 5.75 Å². The summed E-state index contributed by atoms with van der Waals surface area (Å²) in [7, 11) is 0. The molecule has 1 fully saturated rings. The number of H-pyrrole nitrogens is 1. The largest absolute Gasteiger partial charge is 0.356 e. The molecule has 0 atom stereocenters. The third kappa shape index (κ3) is 3.08. The summed E-state index contributed by atoms with van der Waals surface area (Å²) in [6, 6.07) is 0.265. The number of carbonyl (C=O) groups excluding carboxylic acids is 1. The zero-order chi connectivity index (χ0) is 12.3. The topological polar surface area (TPSA) is 115 Å². The minimum absolute atomic E-state index is 0.193. The summed E-state index contributed by atoms with van der Waals surface area (Å²) in [5, 5.41) is 6.94. The molecule has 0 amide bonds. The molecule has 2 rings (SSSR count). The average Bonchev–Trinajstić information content (AvgIpc) is 3.05. The third-order valence-electron chi connectivity index (χ3n) is 2.29. The highest BCUT2D eigenvalue weighted by Crippen LogP contribution is 2.36. The number of carbonyl (C=O) groups is 1. The van der Waals surface area contributed by atoms with E-state index in [-0.39, 0.29) is 18.2 Å². The number of nitrogens with zero attached hydrogens (tertiary/aromatic N) is 2. The molecule has 1 aromatic heterocycles. The number of nitrogens with one attached hydrogen (secondary N) is 2. The zero-order valence-electron chi connectivity index (χ0n) is 9.01. The van der Waals surface area contributed by atoms with E-state index in [0.29, 0.717) is 10.9 Å². The first-order chi connectivity index (χ1) is 8.22. The highest BCUT2D eigenvalue weighted by Gasteiger charge is 2.28. The fourth-order valence-electron chi connectivity index (χ4n) is 1.39. The van der Waals surface area contributed by atoms with Gasteiger partial charge >= 0.3 is 11.7 Å². The number of rotatable bonds is 6. The molecule has 1 aliphatic carbocycles. The second kappa shape index (κ2) is 5.34. The molecule has 8 nitrogen and oxygen atoms in total. The lowest BCUT2D eigenvalue weighted by atomic mass is 10.5. The molecule has 0 unspecified atom stereocenters. The van der Waals surface area contributed by atoms with Crippen LogP contribution in [0.25, 0.3) is 0 Å². The van der Waals surface area contributed by atoms with Gasteiger partial charge in [0, 0.05) is 11.8 Å². The van der Waals surface area contributed by atoms with Crippen molar-refractivity contribution in [1.29, 1.82) is 0 Å². The van der Waals surface area contributed by atoms with Gasteiger partial charge in [0.1, 0.15) is 0 Å². The van der Waals surface area contributed by atoms with Crippen LogP contribution in [0.5, 0.6) is 0 Å². The highest BCUT2D eigenvalue weighted by molar-refractivity contribution is 7.99. The molecule has 1 aliphatic rings. The Morgan fingerprint density at radius 2 is 2.47 bits per heavy atom. The molecule has 17 heavy (non-hydrogen) atoms. The quantitative estimate of drug-likeness (QED) is 0.352. The molecule has 0 radical (unpaired) electrons. The number of hydrazine groups is 1. The van der Waals surface area contributed by atoms with Gasteiger partial charge in [0.05, 0.1) is 6.42 Å². The van der Waals surface area contributed by atoms with Gasteiger partial charge in [0.2, 0.25) is 0 Å². The van der Waals surface area contributed by atoms with Gasteiger partial charge in [-0.1, -0.05) is 17.4 Å². The number of thioether (sulfide) groups is 1. The van der Waals surface area contributed by atoms with Gasteiger partial charge in [-0.15, -0.1) is 5.10 Å². The Kier molecular flexibility index (Phi) is 3.82. The van der Waals surface area contributed by atoms with Crippen LogP contribution in [0.2, 0.25) is 0 Å². The van der Waals surface area contributed by atoms with Crippen LogP contribution < -0.4 is 17.1 Å². The second-order valence-electron chi connectivity index (χ2n) is 3.60. The molecule has 0 aromatic carbocycles. The molecule has 0 aliphatic heterocycles. The van der Waals surface area contributed by atoms with Crippen LogP contribution in [-0.4, -0.2) is 26.5 Å². The van der Waals surface area contributed by atoms with Crippen molar-refractivity contribution >= 4 is 17.7 Å². The second-order valence-corrected chi connectivity index (χ2v) is 4.66. The van der Waals surface area contributed by atoms with E-state index in [2.05, 4.69) is 15.0 Å². The molecular formula is C8H13N5O3S. The van der Waals surface area contributed by atoms with Crippen molar-refractivity contribution in [2.24, 2.45) is 5.84 Å². The summed E-state index contributed by atoms with van der Waals surface area (Å²) in [5.41, 5.74) is 1.63. The van der Waals surface area contributed by atoms with Crippen LogP contribution in [0.1, 0.15) is 25.3 Å². The Labute approximate surface area is 101 Å². The van der Waals surface area contributed by atoms with E-state index in [1.807, 2.05) is 5.59 Å². The highest BCUT2D eigenvalue weighted by atomic mass is 32.2. The SMILES string of the molecule is NNOC(=O)CCSc1n[nH]c(=O)n1C1CC1. The minimum atomic E-state index is -0.448. The first kappa shape index (κ1) is 12.1. The van der Waals surface area contributed by atoms with Crippen molar-refractivity contribution in [2.45, 2.75) is 30.5 Å². The third-order valence-corrected chi connectivity index (χ3v) is 3.25. The Morgan fingerprint density at radius 1 is 1.71 bits per heavy atom. The van der Waals surface area contributed by atoms with Gasteiger partial charge in [0.15, 0.2) is 5.16 Å². The van der Waals surface area contributed by atoms with Gasteiger partial charge < -0.3 is 4.84 Å². The fraction of sp³-hybridized carbons (Fsp3) is 0.625. The van der Waals surface area contributed by atoms with Gasteiger partial charge in [-0.2, -0.15) is 0 Å². The van der Waals surface area contributed by atoms with Crippen LogP contribution in [0, 0.1) is 0 Å². The van der Waals surface area contributed by atoms with Gasteiger partial charge in [-0.05, 0) is 12.8 Å². The number of hydrogen-bond donors (Lipinski definition) is 3. The van der Waals surface area contributed by atoms with Crippen molar-refractivity contribution in [3.63, 3.8) is 0 Å². The molecule has 9 heteroatoms. The van der Waals surface area contributed by atoms with Crippen molar-refractivity contribution in [3.05, 3.63) is 10.5 Å². The lowest BCUT2D eigenvalue weighted by Crippen LogP contribution is -2.26. The molecule has 1 heterocycles. The Balaban J connectivity index is 1.87. The average molecular weight is 259 g/mol. The van der Waals surface area contributed by atoms with Gasteiger partial charge in [-0.25, -0.2) is 15.7 Å². The summed E-state index contributed by atoms with van der Waals surface area (Å²) in [5.74, 6) is 4.86. The number of nitrogens with two attached hydrogens (primary N) is 1. The summed E-state index contributed by atoms with van der Waals surface area (Å²) < 4.78 is 1.64. The van der Waals surface area contributed by atoms with Crippen molar-refractivity contribution in [3.8, 4) is 0 Å². The normalized spacial score (nSPS) is 14.9. The molecule has 94 valence electrons. The van der Waals surface area contributed by atoms with Crippen LogP contribution in [-0.2, 0) is 9.63 Å². The minimum Gasteiger partial charge on any atom is -0.356 e. The summed E-state index contributed by atoms with van der Waals surface area (Å²) in [6.45, 7) is 0. The Hall–Kier alpha value is -1.32. The molecule has 0 saturated heterocycles. The van der Waals surface area contributed by atoms with E-state index in [1.54, 1.807) is 4.57 Å². The fourth-order valence-corrected chi connectivity index (χ4v) is 2.32. The van der Waals surface area contributed by atoms with E-state index >= 15 is 0 Å². The van der Waals surface area contributed by atoms with Crippen LogP contribution in [0.3, 0.4) is 0 Å². The summed E-state index contributed by atoms with van der Waals surface area (Å²) in [6.07, 6.45) is 2.21. The molecule has 1 aromatic rings. The van der Waals surface area contributed by atoms with E-state index < -0.39 is 5.97 Å². The predicted octanol–water partition coefficient (Wildman–Crippen LogP) is -0.690. The number of hydrogen-bond acceptors (Lipinski definition) is 7. The molecule has 0 spiro atoms. The zero-order valence-corrected chi connectivity index (χ0v) is 9.83. The maximum absolute atomic E-state index is 11.4. The number of aromatic nitrogens is 3. The standard InChI is InChI=1S/C8H13N5O3S/c9-12-16-6(14)3-4-17-8-11-10-7(15)13(8)5-1-2-5/h5,12H,1-4,9H2,(H,10,15). The maximum Gasteiger partial charge on any atom is 0.344 e. The first-order valence-electron chi connectivity index (χ1n) is 5.17. The van der Waals surface area contributed by atoms with Crippen molar-refractivity contribution in [1.82, 2.24) is 20.4 Å². The van der Waals surface area contributed by atoms with Crippen LogP contribution in [0.15, 0.2) is 9.95 Å². The summed E-state index contributed by atoms with van der Waals surface area (Å²) >= 11 is 1.34. The summed E-state index contributed by atoms with van der Waals surface area (Å²) in [4.78, 5) is 26.8. The van der Waals surface area contributed by atoms with E-state index in [1.165, 1.54) is 11.8 Å². The monoisotopic (exact) mass is 259 g/mol. The number of aromatic amines is 1. The molecular weight excluding hydrogens is 246 g/mol. The molecule has 4 N–H and O–H groups in total. The smallest absolute Gasteiger partial charge is 0.344 e. The van der Waals surface area contributed by atoms with Crippen LogP contribution in [0.4, 0.5) is 0 Å². The van der Waals surface area contributed by atoms with Gasteiger partial charge in [-0.3, -0.25) is 9.36 Å². The van der Waals surface area contributed by atoms with Gasteiger partial charge in [0.25, 0.3) is 0 Å². The van der Waals surface area contributed by atoms with E-state index in [0.717, 1.165) is 12.8 Å². The Morgan fingerprint density at radius 3 is 3.12 bits per heavy atom. The van der Waals surface area contributed by atoms with Crippen molar-refractivity contribution < 1.29 is 9.63 Å². The van der Waals surface area contributed by atoms with Crippen LogP contribution >= 0.6 is 11.8 Å².